The van der Waals surface area contributed by atoms with E-state index in [-0.39, 0.29) is 12.5 Å². The standard InChI is InChI=1S/C14H19N3O3/c1-14(10-18)9-17(11-7-5-4-6-8-11)15-12(14)20-13(19)16(2)3/h4-8,18H,9-10H2,1-3H3. The molecule has 0 aromatic heterocycles. The second kappa shape index (κ2) is 5.50. The molecule has 1 atom stereocenters. The number of hydrazone groups is 1. The van der Waals surface area contributed by atoms with Gasteiger partial charge in [-0.3, -0.25) is 5.01 Å². The fraction of sp³-hybridized carbons (Fsp3) is 0.429. The van der Waals surface area contributed by atoms with Gasteiger partial charge in [0.25, 0.3) is 0 Å². The van der Waals surface area contributed by atoms with Crippen LogP contribution in [0.15, 0.2) is 35.4 Å². The highest BCUT2D eigenvalue weighted by atomic mass is 16.6. The maximum Gasteiger partial charge on any atom is 0.415 e. The van der Waals surface area contributed by atoms with E-state index in [1.54, 1.807) is 19.1 Å². The molecule has 0 saturated heterocycles. The van der Waals surface area contributed by atoms with Crippen molar-refractivity contribution in [2.24, 2.45) is 10.5 Å². The minimum atomic E-state index is -0.693. The average Bonchev–Trinajstić information content (AvgIpc) is 2.78. The van der Waals surface area contributed by atoms with Gasteiger partial charge in [-0.2, -0.15) is 0 Å². The summed E-state index contributed by atoms with van der Waals surface area (Å²) in [7, 11) is 3.20. The van der Waals surface area contributed by atoms with Crippen molar-refractivity contribution in [2.45, 2.75) is 6.92 Å². The van der Waals surface area contributed by atoms with Crippen LogP contribution in [0.5, 0.6) is 0 Å². The number of carbonyl (C=O) groups excluding carboxylic acids is 1. The molecule has 2 rings (SSSR count). The highest BCUT2D eigenvalue weighted by Gasteiger charge is 2.41. The minimum Gasteiger partial charge on any atom is -0.395 e. The normalized spacial score (nSPS) is 21.6. The molecule has 6 heteroatoms. The largest absolute Gasteiger partial charge is 0.415 e. The van der Waals surface area contributed by atoms with Crippen molar-refractivity contribution < 1.29 is 14.6 Å². The lowest BCUT2D eigenvalue weighted by molar-refractivity contribution is 0.149. The number of carbonyl (C=O) groups is 1. The van der Waals surface area contributed by atoms with E-state index in [0.29, 0.717) is 6.54 Å². The van der Waals surface area contributed by atoms with Crippen LogP contribution in [0.2, 0.25) is 0 Å². The number of benzene rings is 1. The number of rotatable bonds is 2. The van der Waals surface area contributed by atoms with Gasteiger partial charge in [-0.05, 0) is 19.1 Å². The summed E-state index contributed by atoms with van der Waals surface area (Å²) in [5.74, 6) is 0.238. The summed E-state index contributed by atoms with van der Waals surface area (Å²) < 4.78 is 5.27. The predicted molar refractivity (Wildman–Crippen MR) is 76.6 cm³/mol. The minimum absolute atomic E-state index is 0.143. The second-order valence-corrected chi connectivity index (χ2v) is 5.28. The molecule has 0 bridgehead atoms. The Bertz CT molecular complexity index is 516. The zero-order valence-corrected chi connectivity index (χ0v) is 11.9. The Balaban J connectivity index is 2.24. The zero-order valence-electron chi connectivity index (χ0n) is 11.9. The van der Waals surface area contributed by atoms with Crippen molar-refractivity contribution in [3.8, 4) is 0 Å². The Morgan fingerprint density at radius 1 is 1.45 bits per heavy atom. The topological polar surface area (TPSA) is 65.4 Å². The van der Waals surface area contributed by atoms with Gasteiger partial charge in [0.1, 0.15) is 0 Å². The van der Waals surface area contributed by atoms with Crippen LogP contribution >= 0.6 is 0 Å². The molecule has 6 nitrogen and oxygen atoms in total. The molecule has 1 N–H and O–H groups in total. The molecule has 1 aliphatic heterocycles. The molecule has 1 aromatic rings. The first-order chi connectivity index (χ1) is 9.46. The Morgan fingerprint density at radius 2 is 2.10 bits per heavy atom. The van der Waals surface area contributed by atoms with Crippen LogP contribution in [0.3, 0.4) is 0 Å². The molecule has 1 unspecified atom stereocenters. The molecule has 0 spiro atoms. The van der Waals surface area contributed by atoms with E-state index >= 15 is 0 Å². The number of nitrogens with zero attached hydrogens (tertiary/aromatic N) is 3. The number of ether oxygens (including phenoxy) is 1. The summed E-state index contributed by atoms with van der Waals surface area (Å²) in [6.45, 7) is 2.14. The van der Waals surface area contributed by atoms with Crippen LogP contribution in [0.1, 0.15) is 6.92 Å². The van der Waals surface area contributed by atoms with Gasteiger partial charge in [0.2, 0.25) is 5.90 Å². The molecule has 1 amide bonds. The van der Waals surface area contributed by atoms with Gasteiger partial charge in [0.05, 0.1) is 24.3 Å². The van der Waals surface area contributed by atoms with E-state index in [4.69, 9.17) is 4.74 Å². The van der Waals surface area contributed by atoms with Crippen molar-refractivity contribution in [3.05, 3.63) is 30.3 Å². The number of para-hydroxylation sites is 1. The van der Waals surface area contributed by atoms with Gasteiger partial charge in [-0.15, -0.1) is 5.10 Å². The molecular formula is C14H19N3O3. The monoisotopic (exact) mass is 277 g/mol. The number of hydrogen-bond acceptors (Lipinski definition) is 5. The molecule has 20 heavy (non-hydrogen) atoms. The first-order valence-electron chi connectivity index (χ1n) is 6.38. The van der Waals surface area contributed by atoms with E-state index in [0.717, 1.165) is 5.69 Å². The van der Waals surface area contributed by atoms with Crippen molar-refractivity contribution in [3.63, 3.8) is 0 Å². The van der Waals surface area contributed by atoms with Crippen molar-refractivity contribution in [2.75, 3.05) is 32.3 Å². The van der Waals surface area contributed by atoms with E-state index in [1.807, 2.05) is 37.3 Å². The third kappa shape index (κ3) is 2.75. The van der Waals surface area contributed by atoms with Crippen molar-refractivity contribution >= 4 is 17.7 Å². The summed E-state index contributed by atoms with van der Waals surface area (Å²) >= 11 is 0. The maximum atomic E-state index is 11.7. The van der Waals surface area contributed by atoms with Crippen LogP contribution in [0.4, 0.5) is 10.5 Å². The summed E-state index contributed by atoms with van der Waals surface area (Å²) in [5.41, 5.74) is 0.199. The van der Waals surface area contributed by atoms with Crippen LogP contribution in [-0.2, 0) is 4.74 Å². The fourth-order valence-corrected chi connectivity index (χ4v) is 1.85. The van der Waals surface area contributed by atoms with E-state index < -0.39 is 11.5 Å². The fourth-order valence-electron chi connectivity index (χ4n) is 1.85. The lowest BCUT2D eigenvalue weighted by Gasteiger charge is -2.23. The van der Waals surface area contributed by atoms with E-state index in [9.17, 15) is 9.90 Å². The summed E-state index contributed by atoms with van der Waals surface area (Å²) in [5, 5.41) is 15.7. The van der Waals surface area contributed by atoms with Gasteiger partial charge in [0, 0.05) is 14.1 Å². The number of amides is 1. The lowest BCUT2D eigenvalue weighted by atomic mass is 9.92. The Kier molecular flexibility index (Phi) is 3.94. The van der Waals surface area contributed by atoms with Gasteiger partial charge < -0.3 is 14.7 Å². The average molecular weight is 277 g/mol. The smallest absolute Gasteiger partial charge is 0.395 e. The Labute approximate surface area is 118 Å². The van der Waals surface area contributed by atoms with Gasteiger partial charge in [-0.25, -0.2) is 4.79 Å². The first-order valence-corrected chi connectivity index (χ1v) is 6.38. The molecule has 0 aliphatic carbocycles. The molecule has 0 fully saturated rings. The van der Waals surface area contributed by atoms with Crippen LogP contribution in [-0.4, -0.2) is 49.2 Å². The number of aliphatic hydroxyl groups excluding tert-OH is 1. The molecule has 1 heterocycles. The van der Waals surface area contributed by atoms with Gasteiger partial charge >= 0.3 is 6.09 Å². The third-order valence-electron chi connectivity index (χ3n) is 3.18. The van der Waals surface area contributed by atoms with Crippen LogP contribution < -0.4 is 5.01 Å². The zero-order chi connectivity index (χ0) is 14.8. The van der Waals surface area contributed by atoms with E-state index in [1.165, 1.54) is 4.90 Å². The van der Waals surface area contributed by atoms with Gasteiger partial charge in [-0.1, -0.05) is 18.2 Å². The Morgan fingerprint density at radius 3 is 2.65 bits per heavy atom. The van der Waals surface area contributed by atoms with Crippen LogP contribution in [0, 0.1) is 5.41 Å². The summed E-state index contributed by atoms with van der Waals surface area (Å²) in [4.78, 5) is 13.0. The van der Waals surface area contributed by atoms with Crippen LogP contribution in [0.25, 0.3) is 0 Å². The highest BCUT2D eigenvalue weighted by molar-refractivity contribution is 5.94. The number of anilines is 1. The molecule has 108 valence electrons. The van der Waals surface area contributed by atoms with Crippen molar-refractivity contribution in [1.29, 1.82) is 0 Å². The third-order valence-corrected chi connectivity index (χ3v) is 3.18. The molecule has 1 aliphatic rings. The number of hydrogen-bond donors (Lipinski definition) is 1. The van der Waals surface area contributed by atoms with Crippen molar-refractivity contribution in [1.82, 2.24) is 4.90 Å². The quantitative estimate of drug-likeness (QED) is 0.890. The molecular weight excluding hydrogens is 258 g/mol. The predicted octanol–water partition coefficient (Wildman–Crippen LogP) is 1.52. The maximum absolute atomic E-state index is 11.7. The van der Waals surface area contributed by atoms with E-state index in [2.05, 4.69) is 5.10 Å². The molecule has 0 radical (unpaired) electrons. The molecule has 1 aromatic carbocycles. The first kappa shape index (κ1) is 14.3. The Hall–Kier alpha value is -2.08. The second-order valence-electron chi connectivity index (χ2n) is 5.28. The highest BCUT2D eigenvalue weighted by Crippen LogP contribution is 2.31. The molecule has 0 saturated carbocycles. The summed E-state index contributed by atoms with van der Waals surface area (Å²) in [6, 6.07) is 9.56. The number of aliphatic hydroxyl groups is 1. The lowest BCUT2D eigenvalue weighted by Crippen LogP contribution is -2.38. The SMILES string of the molecule is CN(C)C(=O)OC1=NN(c2ccccc2)CC1(C)CO. The van der Waals surface area contributed by atoms with Gasteiger partial charge in [0.15, 0.2) is 0 Å². The summed E-state index contributed by atoms with van der Waals surface area (Å²) in [6.07, 6.45) is -0.502.